The number of benzene rings is 2. The van der Waals surface area contributed by atoms with Gasteiger partial charge in [0.1, 0.15) is 11.5 Å². The van der Waals surface area contributed by atoms with Crippen LogP contribution in [-0.4, -0.2) is 72.8 Å². The zero-order valence-corrected chi connectivity index (χ0v) is 21.6. The van der Waals surface area contributed by atoms with Crippen LogP contribution in [0.2, 0.25) is 0 Å². The van der Waals surface area contributed by atoms with E-state index < -0.39 is 23.1 Å². The molecule has 2 aromatic rings. The smallest absolute Gasteiger partial charge is 0.296 e. The molecule has 37 heavy (non-hydrogen) atoms. The summed E-state index contributed by atoms with van der Waals surface area (Å²) in [6.45, 7) is 7.36. The van der Waals surface area contributed by atoms with Crippen LogP contribution in [0.5, 0.6) is 5.75 Å². The lowest BCUT2D eigenvalue weighted by Gasteiger charge is -2.34. The van der Waals surface area contributed by atoms with Crippen LogP contribution >= 0.6 is 0 Å². The van der Waals surface area contributed by atoms with Crippen molar-refractivity contribution in [3.8, 4) is 5.75 Å². The Morgan fingerprint density at radius 1 is 1.11 bits per heavy atom. The highest BCUT2D eigenvalue weighted by Crippen LogP contribution is 2.53. The normalized spacial score (nSPS) is 20.3. The Morgan fingerprint density at radius 2 is 1.81 bits per heavy atom. The van der Waals surface area contributed by atoms with Gasteiger partial charge in [0, 0.05) is 24.2 Å². The molecule has 194 valence electrons. The minimum absolute atomic E-state index is 0.172. The van der Waals surface area contributed by atoms with Crippen LogP contribution in [-0.2, 0) is 19.9 Å². The van der Waals surface area contributed by atoms with E-state index in [0.29, 0.717) is 42.1 Å². The highest BCUT2D eigenvalue weighted by molar-refractivity contribution is 6.50. The van der Waals surface area contributed by atoms with Crippen molar-refractivity contribution in [3.05, 3.63) is 77.9 Å². The minimum atomic E-state index is -1.76. The van der Waals surface area contributed by atoms with Gasteiger partial charge in [-0.1, -0.05) is 31.2 Å². The Labute approximate surface area is 217 Å². The third-order valence-electron chi connectivity index (χ3n) is 6.71. The zero-order valence-electron chi connectivity index (χ0n) is 21.6. The Morgan fingerprint density at radius 3 is 2.46 bits per heavy atom. The minimum Gasteiger partial charge on any atom is -0.507 e. The monoisotopic (exact) mass is 503 g/mol. The molecular formula is C29H33N3O5. The molecule has 0 radical (unpaired) electrons. The molecule has 0 unspecified atom stereocenters. The fraction of sp³-hybridized carbons (Fsp3) is 0.345. The summed E-state index contributed by atoms with van der Waals surface area (Å²) in [7, 11) is 3.83. The topological polar surface area (TPSA) is 90.4 Å². The predicted molar refractivity (Wildman–Crippen MR) is 142 cm³/mol. The first-order valence-electron chi connectivity index (χ1n) is 12.5. The number of carbonyl (C=O) groups is 3. The fourth-order valence-electron chi connectivity index (χ4n) is 5.10. The van der Waals surface area contributed by atoms with Gasteiger partial charge >= 0.3 is 0 Å². The molecule has 0 aliphatic carbocycles. The molecule has 2 amide bonds. The number of aliphatic hydroxyl groups is 1. The summed E-state index contributed by atoms with van der Waals surface area (Å²) < 4.78 is 5.63. The maximum Gasteiger partial charge on any atom is 0.296 e. The number of rotatable bonds is 10. The van der Waals surface area contributed by atoms with Gasteiger partial charge in [0.05, 0.1) is 17.9 Å². The van der Waals surface area contributed by atoms with Gasteiger partial charge in [0.25, 0.3) is 17.6 Å². The lowest BCUT2D eigenvalue weighted by atomic mass is 9.82. The molecule has 0 bridgehead atoms. The lowest BCUT2D eigenvalue weighted by Crippen LogP contribution is -2.52. The van der Waals surface area contributed by atoms with Gasteiger partial charge in [-0.05, 0) is 63.8 Å². The molecule has 8 nitrogen and oxygen atoms in total. The molecule has 1 saturated heterocycles. The molecule has 2 aliphatic rings. The van der Waals surface area contributed by atoms with Crippen molar-refractivity contribution in [2.45, 2.75) is 25.3 Å². The number of fused-ring (bicyclic) bond motifs is 2. The van der Waals surface area contributed by atoms with E-state index >= 15 is 0 Å². The molecule has 0 aromatic heterocycles. The van der Waals surface area contributed by atoms with E-state index in [9.17, 15) is 19.5 Å². The summed E-state index contributed by atoms with van der Waals surface area (Å²) >= 11 is 0. The summed E-state index contributed by atoms with van der Waals surface area (Å²) in [6.07, 6.45) is 2.99. The predicted octanol–water partition coefficient (Wildman–Crippen LogP) is 3.54. The number of amides is 2. The van der Waals surface area contributed by atoms with Gasteiger partial charge in [-0.25, -0.2) is 0 Å². The van der Waals surface area contributed by atoms with Crippen LogP contribution < -0.4 is 9.64 Å². The fourth-order valence-corrected chi connectivity index (χ4v) is 5.10. The standard InChI is InChI=1S/C29H33N3O5/c1-5-16-31-23-11-8-7-10-22(23)29(28(31)36)24(26(34)27(35)32(29)18-9-17-30(3)4)25(33)20-12-14-21(15-13-20)37-19-6-2/h5,7-8,10-15,33H,1,6,9,16-19H2,2-4H3/b25-24-/t29-/m1/s1. The van der Waals surface area contributed by atoms with E-state index in [1.807, 2.05) is 25.9 Å². The van der Waals surface area contributed by atoms with Crippen molar-refractivity contribution in [1.82, 2.24) is 9.80 Å². The summed E-state index contributed by atoms with van der Waals surface area (Å²) in [6, 6.07) is 13.7. The number of aliphatic hydroxyl groups excluding tert-OH is 1. The van der Waals surface area contributed by atoms with Crippen molar-refractivity contribution >= 4 is 29.0 Å². The first-order valence-corrected chi connectivity index (χ1v) is 12.5. The second-order valence-corrected chi connectivity index (χ2v) is 9.47. The largest absolute Gasteiger partial charge is 0.507 e. The maximum absolute atomic E-state index is 14.2. The number of nitrogens with zero attached hydrogens (tertiary/aromatic N) is 3. The van der Waals surface area contributed by atoms with Gasteiger partial charge < -0.3 is 24.5 Å². The second kappa shape index (κ2) is 10.6. The number of ether oxygens (including phenoxy) is 1. The summed E-state index contributed by atoms with van der Waals surface area (Å²) in [4.78, 5) is 46.1. The highest BCUT2D eigenvalue weighted by Gasteiger charge is 2.66. The number of hydrogen-bond acceptors (Lipinski definition) is 6. The van der Waals surface area contributed by atoms with Crippen molar-refractivity contribution in [1.29, 1.82) is 0 Å². The Hall–Kier alpha value is -3.91. The van der Waals surface area contributed by atoms with Gasteiger partial charge in [0.15, 0.2) is 5.54 Å². The molecule has 1 fully saturated rings. The second-order valence-electron chi connectivity index (χ2n) is 9.47. The van der Waals surface area contributed by atoms with Gasteiger partial charge in [-0.2, -0.15) is 0 Å². The van der Waals surface area contributed by atoms with Crippen LogP contribution in [0.15, 0.2) is 66.8 Å². The highest BCUT2D eigenvalue weighted by atomic mass is 16.5. The molecule has 2 heterocycles. The van der Waals surface area contributed by atoms with Crippen LogP contribution in [0, 0.1) is 0 Å². The van der Waals surface area contributed by atoms with Crippen molar-refractivity contribution in [3.63, 3.8) is 0 Å². The number of ketones is 1. The average Bonchev–Trinajstić information content (AvgIpc) is 3.26. The van der Waals surface area contributed by atoms with Crippen molar-refractivity contribution in [2.75, 3.05) is 45.2 Å². The van der Waals surface area contributed by atoms with Gasteiger partial charge in [-0.3, -0.25) is 14.4 Å². The first-order chi connectivity index (χ1) is 17.8. The number of para-hydroxylation sites is 1. The van der Waals surface area contributed by atoms with Gasteiger partial charge in [-0.15, -0.1) is 6.58 Å². The third kappa shape index (κ3) is 4.31. The van der Waals surface area contributed by atoms with E-state index in [1.54, 1.807) is 54.6 Å². The van der Waals surface area contributed by atoms with E-state index in [4.69, 9.17) is 4.74 Å². The molecule has 2 aliphatic heterocycles. The van der Waals surface area contributed by atoms with Crippen LogP contribution in [0.25, 0.3) is 5.76 Å². The maximum atomic E-state index is 14.2. The van der Waals surface area contributed by atoms with E-state index in [0.717, 1.165) is 6.42 Å². The molecule has 1 N–H and O–H groups in total. The van der Waals surface area contributed by atoms with E-state index in [-0.39, 0.29) is 24.4 Å². The molecule has 4 rings (SSSR count). The molecule has 1 spiro atoms. The number of likely N-dealkylation sites (tertiary alicyclic amines) is 1. The third-order valence-corrected chi connectivity index (χ3v) is 6.71. The van der Waals surface area contributed by atoms with Crippen molar-refractivity contribution in [2.24, 2.45) is 0 Å². The van der Waals surface area contributed by atoms with Gasteiger partial charge in [0.2, 0.25) is 0 Å². The van der Waals surface area contributed by atoms with E-state index in [2.05, 4.69) is 6.58 Å². The van der Waals surface area contributed by atoms with E-state index in [1.165, 1.54) is 9.80 Å². The number of carbonyl (C=O) groups excluding carboxylic acids is 3. The Balaban J connectivity index is 1.92. The van der Waals surface area contributed by atoms with Crippen LogP contribution in [0.3, 0.4) is 0 Å². The molecule has 8 heteroatoms. The summed E-state index contributed by atoms with van der Waals surface area (Å²) in [5.41, 5.74) is -0.575. The number of hydrogen-bond donors (Lipinski definition) is 1. The van der Waals surface area contributed by atoms with Crippen LogP contribution in [0.1, 0.15) is 30.9 Å². The lowest BCUT2D eigenvalue weighted by molar-refractivity contribution is -0.143. The molecular weight excluding hydrogens is 470 g/mol. The Kier molecular flexibility index (Phi) is 7.50. The quantitative estimate of drug-likeness (QED) is 0.231. The van der Waals surface area contributed by atoms with Crippen LogP contribution in [0.4, 0.5) is 5.69 Å². The summed E-state index contributed by atoms with van der Waals surface area (Å²) in [5.74, 6) is -1.90. The number of Topliss-reactive ketones (excluding diaryl/α,β-unsaturated/α-hetero) is 1. The zero-order chi connectivity index (χ0) is 26.7. The molecule has 1 atom stereocenters. The van der Waals surface area contributed by atoms with Crippen molar-refractivity contribution < 1.29 is 24.2 Å². The molecule has 2 aromatic carbocycles. The Bertz CT molecular complexity index is 1250. The molecule has 0 saturated carbocycles. The first kappa shape index (κ1) is 26.2. The summed E-state index contributed by atoms with van der Waals surface area (Å²) in [5, 5.41) is 11.5. The average molecular weight is 504 g/mol. The SMILES string of the molecule is C=CCN1C(=O)[C@]2(/C(=C(\O)c3ccc(OCCC)cc3)C(=O)C(=O)N2CCCN(C)C)c2ccccc21. The number of anilines is 1.